The van der Waals surface area contributed by atoms with Gasteiger partial charge in [-0.05, 0) is 55.3 Å². The molecular weight excluding hydrogens is 481 g/mol. The number of benzene rings is 2. The molecule has 1 aromatic heterocycles. The van der Waals surface area contributed by atoms with E-state index < -0.39 is 18.0 Å². The minimum atomic E-state index is -0.582. The van der Waals surface area contributed by atoms with Gasteiger partial charge in [-0.3, -0.25) is 9.69 Å². The Kier molecular flexibility index (Phi) is 9.26. The first-order valence-corrected chi connectivity index (χ1v) is 12.8. The third-order valence-corrected chi connectivity index (χ3v) is 6.84. The molecule has 1 fully saturated rings. The Labute approximate surface area is 222 Å². The van der Waals surface area contributed by atoms with Crippen LogP contribution in [-0.4, -0.2) is 52.3 Å². The number of aromatic hydroxyl groups is 1. The first-order chi connectivity index (χ1) is 18.4. The second-order valence-corrected chi connectivity index (χ2v) is 9.81. The summed E-state index contributed by atoms with van der Waals surface area (Å²) in [5.41, 5.74) is 3.68. The van der Waals surface area contributed by atoms with Crippen LogP contribution in [0.3, 0.4) is 0 Å². The van der Waals surface area contributed by atoms with E-state index in [0.717, 1.165) is 42.7 Å². The van der Waals surface area contributed by atoms with Gasteiger partial charge < -0.3 is 15.4 Å². The maximum atomic E-state index is 13.0. The Bertz CT molecular complexity index is 1370. The van der Waals surface area contributed by atoms with Gasteiger partial charge in [0, 0.05) is 49.1 Å². The highest BCUT2D eigenvalue weighted by molar-refractivity contribution is 5.44. The number of nitrogens with one attached hydrogen (secondary N) is 2. The molecule has 3 unspecified atom stereocenters. The van der Waals surface area contributed by atoms with E-state index in [1.54, 1.807) is 6.92 Å². The highest BCUT2D eigenvalue weighted by Crippen LogP contribution is 2.23. The van der Waals surface area contributed by atoms with Crippen LogP contribution in [0, 0.1) is 29.1 Å². The predicted octanol–water partition coefficient (Wildman–Crippen LogP) is 3.49. The molecule has 7 nitrogen and oxygen atoms in total. The Morgan fingerprint density at radius 3 is 2.50 bits per heavy atom. The van der Waals surface area contributed by atoms with Crippen LogP contribution < -0.4 is 10.9 Å². The van der Waals surface area contributed by atoms with Gasteiger partial charge in [0.05, 0.1) is 24.0 Å². The molecule has 1 saturated heterocycles. The zero-order valence-electron chi connectivity index (χ0n) is 21.5. The van der Waals surface area contributed by atoms with Crippen LogP contribution in [0.2, 0.25) is 0 Å². The van der Waals surface area contributed by atoms with Crippen LogP contribution in [0.15, 0.2) is 59.7 Å². The molecule has 3 N–H and O–H groups in total. The standard InChI is InChI=1S/C30H32FN5O2/c1-21(15-31)33-17-27(14-28-29(37)30(38)35-20-34-28)26-10-8-23(9-11-26)3-2-22-4-6-24(7-5-22)18-36-13-12-25(16-32)19-36/h4-11,20-21,25,27,33,37H,12-15,17-19H2,1H3,(H,34,35,38). The van der Waals surface area contributed by atoms with Gasteiger partial charge in [0.1, 0.15) is 6.67 Å². The number of H-pyrrole nitrogens is 1. The van der Waals surface area contributed by atoms with Gasteiger partial charge >= 0.3 is 0 Å². The molecule has 2 aromatic carbocycles. The van der Waals surface area contributed by atoms with Crippen molar-refractivity contribution in [1.82, 2.24) is 20.2 Å². The fourth-order valence-electron chi connectivity index (χ4n) is 4.53. The summed E-state index contributed by atoms with van der Waals surface area (Å²) in [4.78, 5) is 20.6. The largest absolute Gasteiger partial charge is 0.502 e. The molecular formula is C30H32FN5O2. The molecule has 8 heteroatoms. The summed E-state index contributed by atoms with van der Waals surface area (Å²) in [6.45, 7) is 4.38. The van der Waals surface area contributed by atoms with E-state index in [9.17, 15) is 14.3 Å². The number of likely N-dealkylation sites (tertiary alicyclic amines) is 1. The van der Waals surface area contributed by atoms with Crippen molar-refractivity contribution in [3.8, 4) is 23.7 Å². The van der Waals surface area contributed by atoms with Crippen LogP contribution in [0.25, 0.3) is 0 Å². The summed E-state index contributed by atoms with van der Waals surface area (Å²) in [6, 6.07) is 18.1. The van der Waals surface area contributed by atoms with Crippen molar-refractivity contribution >= 4 is 0 Å². The molecule has 0 amide bonds. The monoisotopic (exact) mass is 513 g/mol. The highest BCUT2D eigenvalue weighted by atomic mass is 19.1. The lowest BCUT2D eigenvalue weighted by atomic mass is 9.92. The fourth-order valence-corrected chi connectivity index (χ4v) is 4.53. The molecule has 3 atom stereocenters. The maximum absolute atomic E-state index is 13.0. The Morgan fingerprint density at radius 1 is 1.18 bits per heavy atom. The number of nitriles is 1. The smallest absolute Gasteiger partial charge is 0.293 e. The molecule has 1 aliphatic heterocycles. The quantitative estimate of drug-likeness (QED) is 0.379. The normalized spacial score (nSPS) is 16.8. The number of aromatic amines is 1. The molecule has 38 heavy (non-hydrogen) atoms. The van der Waals surface area contributed by atoms with E-state index >= 15 is 0 Å². The number of aromatic nitrogens is 2. The van der Waals surface area contributed by atoms with Crippen molar-refractivity contribution in [3.05, 3.63) is 93.2 Å². The van der Waals surface area contributed by atoms with E-state index in [-0.39, 0.29) is 17.9 Å². The molecule has 2 heterocycles. The predicted molar refractivity (Wildman–Crippen MR) is 144 cm³/mol. The van der Waals surface area contributed by atoms with Crippen LogP contribution in [-0.2, 0) is 13.0 Å². The van der Waals surface area contributed by atoms with Crippen molar-refractivity contribution in [3.63, 3.8) is 0 Å². The summed E-state index contributed by atoms with van der Waals surface area (Å²) < 4.78 is 13.0. The third-order valence-electron chi connectivity index (χ3n) is 6.84. The average molecular weight is 514 g/mol. The number of hydrogen-bond acceptors (Lipinski definition) is 6. The van der Waals surface area contributed by atoms with Gasteiger partial charge in [-0.2, -0.15) is 5.26 Å². The van der Waals surface area contributed by atoms with Gasteiger partial charge in [0.15, 0.2) is 0 Å². The average Bonchev–Trinajstić information content (AvgIpc) is 3.40. The summed E-state index contributed by atoms with van der Waals surface area (Å²) >= 11 is 0. The molecule has 1 aliphatic rings. The van der Waals surface area contributed by atoms with E-state index in [0.29, 0.717) is 18.7 Å². The van der Waals surface area contributed by atoms with Gasteiger partial charge in [0.2, 0.25) is 5.75 Å². The van der Waals surface area contributed by atoms with Crippen molar-refractivity contribution in [1.29, 1.82) is 5.26 Å². The van der Waals surface area contributed by atoms with Crippen LogP contribution >= 0.6 is 0 Å². The number of rotatable bonds is 9. The third kappa shape index (κ3) is 7.29. The number of nitrogens with zero attached hydrogens (tertiary/aromatic N) is 3. The minimum absolute atomic E-state index is 0.127. The zero-order valence-corrected chi connectivity index (χ0v) is 21.5. The van der Waals surface area contributed by atoms with E-state index in [1.165, 1.54) is 11.9 Å². The lowest BCUT2D eigenvalue weighted by Gasteiger charge is -2.20. The SMILES string of the molecule is CC(CF)NCC(Cc1nc[nH]c(=O)c1O)c1ccc(C#Cc2ccc(CN3CCC(C#N)C3)cc2)cc1. The van der Waals surface area contributed by atoms with Gasteiger partial charge in [-0.25, -0.2) is 9.37 Å². The van der Waals surface area contributed by atoms with Gasteiger partial charge in [0.25, 0.3) is 5.56 Å². The summed E-state index contributed by atoms with van der Waals surface area (Å²) in [5.74, 6) is 6.03. The van der Waals surface area contributed by atoms with Gasteiger partial charge in [-0.1, -0.05) is 36.1 Å². The lowest BCUT2D eigenvalue weighted by Crippen LogP contribution is -2.32. The van der Waals surface area contributed by atoms with Crippen molar-refractivity contribution < 1.29 is 9.50 Å². The number of halogens is 1. The van der Waals surface area contributed by atoms with E-state index in [2.05, 4.69) is 50.2 Å². The van der Waals surface area contributed by atoms with Crippen molar-refractivity contribution in [2.45, 2.75) is 38.3 Å². The Morgan fingerprint density at radius 2 is 1.87 bits per heavy atom. The maximum Gasteiger partial charge on any atom is 0.293 e. The van der Waals surface area contributed by atoms with E-state index in [4.69, 9.17) is 5.26 Å². The molecule has 3 aromatic rings. The molecule has 0 bridgehead atoms. The summed E-state index contributed by atoms with van der Waals surface area (Å²) in [6.07, 6.45) is 2.54. The first-order valence-electron chi connectivity index (χ1n) is 12.8. The van der Waals surface area contributed by atoms with Crippen molar-refractivity contribution in [2.75, 3.05) is 26.3 Å². The van der Waals surface area contributed by atoms with Gasteiger partial charge in [-0.15, -0.1) is 0 Å². The second kappa shape index (κ2) is 13.0. The molecule has 0 saturated carbocycles. The first kappa shape index (κ1) is 27.1. The van der Waals surface area contributed by atoms with Crippen LogP contribution in [0.5, 0.6) is 5.75 Å². The lowest BCUT2D eigenvalue weighted by molar-refractivity contribution is 0.325. The molecule has 0 radical (unpaired) electrons. The second-order valence-electron chi connectivity index (χ2n) is 9.81. The summed E-state index contributed by atoms with van der Waals surface area (Å²) in [7, 11) is 0. The molecule has 0 aliphatic carbocycles. The Balaban J connectivity index is 1.42. The fraction of sp³-hybridized carbons (Fsp3) is 0.367. The number of alkyl halides is 1. The number of hydrogen-bond donors (Lipinski definition) is 3. The topological polar surface area (TPSA) is 105 Å². The zero-order chi connectivity index (χ0) is 26.9. The molecule has 196 valence electrons. The van der Waals surface area contributed by atoms with Crippen LogP contribution in [0.1, 0.15) is 47.2 Å². The highest BCUT2D eigenvalue weighted by Gasteiger charge is 2.22. The molecule has 4 rings (SSSR count). The van der Waals surface area contributed by atoms with E-state index in [1.807, 2.05) is 36.4 Å². The Hall–Kier alpha value is -3.98. The minimum Gasteiger partial charge on any atom is -0.502 e. The summed E-state index contributed by atoms with van der Waals surface area (Å²) in [5, 5.41) is 22.4. The van der Waals surface area contributed by atoms with Crippen molar-refractivity contribution in [2.24, 2.45) is 5.92 Å². The van der Waals surface area contributed by atoms with Crippen LogP contribution in [0.4, 0.5) is 4.39 Å². The molecule has 0 spiro atoms.